The van der Waals surface area contributed by atoms with Gasteiger partial charge in [-0.15, -0.1) is 5.23 Å². The molecule has 0 spiro atoms. The van der Waals surface area contributed by atoms with Crippen molar-refractivity contribution in [3.8, 4) is 0 Å². The van der Waals surface area contributed by atoms with E-state index in [0.29, 0.717) is 0 Å². The van der Waals surface area contributed by atoms with Gasteiger partial charge in [0.1, 0.15) is 13.2 Å². The van der Waals surface area contributed by atoms with Gasteiger partial charge in [-0.25, -0.2) is 9.68 Å². The van der Waals surface area contributed by atoms with Gasteiger partial charge in [0.05, 0.1) is 13.2 Å². The van der Waals surface area contributed by atoms with Crippen LogP contribution in [0.1, 0.15) is 6.92 Å². The van der Waals surface area contributed by atoms with Crippen LogP contribution >= 0.6 is 0 Å². The molecule has 0 aliphatic carbocycles. The smallest absolute Gasteiger partial charge is 0.150 e. The van der Waals surface area contributed by atoms with Crippen LogP contribution in [0.25, 0.3) is 0 Å². The molecule has 0 aliphatic rings. The van der Waals surface area contributed by atoms with Crippen LogP contribution in [-0.4, -0.2) is 41.9 Å². The van der Waals surface area contributed by atoms with Crippen LogP contribution in [0.2, 0.25) is 0 Å². The lowest BCUT2D eigenvalue weighted by molar-refractivity contribution is -0.349. The molecule has 0 aromatic carbocycles. The normalized spacial score (nSPS) is 11.8. The molecule has 0 fully saturated rings. The lowest BCUT2D eigenvalue weighted by Crippen LogP contribution is -2.30. The number of aliphatic hydroxyl groups excluding tert-OH is 2. The second-order valence-corrected chi connectivity index (χ2v) is 2.08. The lowest BCUT2D eigenvalue weighted by Gasteiger charge is -2.21. The van der Waals surface area contributed by atoms with Crippen LogP contribution in [-0.2, 0) is 9.68 Å². The van der Waals surface area contributed by atoms with Crippen molar-refractivity contribution in [2.75, 3.05) is 26.4 Å². The Bertz CT molecular complexity index is 143. The van der Waals surface area contributed by atoms with Gasteiger partial charge in [-0.1, -0.05) is 0 Å². The van der Waals surface area contributed by atoms with E-state index in [2.05, 4.69) is 0 Å². The Morgan fingerprint density at radius 1 is 1.31 bits per heavy atom. The van der Waals surface area contributed by atoms with E-state index in [9.17, 15) is 0 Å². The standard InChI is InChI=1S/C7H16N2O4/c1-2-7(8)9(12-5-3-10)13-6-4-11/h2,10-11H,3-6,8H2,1H3. The molecule has 0 aromatic rings. The molecular formula is C7H16N2O4. The molecular weight excluding hydrogens is 176 g/mol. The highest BCUT2D eigenvalue weighted by molar-refractivity contribution is 4.86. The Labute approximate surface area is 77.1 Å². The second-order valence-electron chi connectivity index (χ2n) is 2.08. The largest absolute Gasteiger partial charge is 0.394 e. The maximum Gasteiger partial charge on any atom is 0.150 e. The van der Waals surface area contributed by atoms with E-state index in [0.717, 1.165) is 5.23 Å². The monoisotopic (exact) mass is 192 g/mol. The van der Waals surface area contributed by atoms with E-state index < -0.39 is 0 Å². The van der Waals surface area contributed by atoms with Crippen molar-refractivity contribution in [1.82, 2.24) is 5.23 Å². The summed E-state index contributed by atoms with van der Waals surface area (Å²) in [6.45, 7) is 1.62. The molecule has 0 heterocycles. The minimum absolute atomic E-state index is 0.0833. The molecule has 0 atom stereocenters. The third-order valence-electron chi connectivity index (χ3n) is 1.11. The lowest BCUT2D eigenvalue weighted by atomic mass is 10.6. The molecule has 0 amide bonds. The highest BCUT2D eigenvalue weighted by Crippen LogP contribution is 1.99. The van der Waals surface area contributed by atoms with Crippen molar-refractivity contribution in [2.45, 2.75) is 6.92 Å². The van der Waals surface area contributed by atoms with E-state index in [1.165, 1.54) is 0 Å². The number of hydroxylamine groups is 2. The first-order valence-electron chi connectivity index (χ1n) is 3.95. The van der Waals surface area contributed by atoms with Crippen molar-refractivity contribution < 1.29 is 19.9 Å². The van der Waals surface area contributed by atoms with Gasteiger partial charge in [-0.05, 0) is 13.0 Å². The summed E-state index contributed by atoms with van der Waals surface area (Å²) in [4.78, 5) is 9.81. The number of nitrogens with two attached hydrogens (primary N) is 1. The molecule has 0 aromatic heterocycles. The zero-order valence-electron chi connectivity index (χ0n) is 7.64. The SMILES string of the molecule is CC=C(N)N(OCCO)OCCO. The number of hydrogen-bond acceptors (Lipinski definition) is 6. The zero-order valence-corrected chi connectivity index (χ0v) is 7.64. The van der Waals surface area contributed by atoms with E-state index in [1.54, 1.807) is 13.0 Å². The maximum atomic E-state index is 8.48. The fourth-order valence-corrected chi connectivity index (χ4v) is 0.539. The average molecular weight is 192 g/mol. The molecule has 0 bridgehead atoms. The van der Waals surface area contributed by atoms with Crippen LogP contribution in [0.3, 0.4) is 0 Å². The van der Waals surface area contributed by atoms with E-state index in [-0.39, 0.29) is 32.2 Å². The Morgan fingerprint density at radius 2 is 1.77 bits per heavy atom. The van der Waals surface area contributed by atoms with Crippen molar-refractivity contribution >= 4 is 0 Å². The molecule has 13 heavy (non-hydrogen) atoms. The molecule has 0 saturated heterocycles. The fraction of sp³-hybridized carbons (Fsp3) is 0.714. The van der Waals surface area contributed by atoms with Gasteiger partial charge in [-0.3, -0.25) is 0 Å². The third kappa shape index (κ3) is 5.42. The van der Waals surface area contributed by atoms with Gasteiger partial charge >= 0.3 is 0 Å². The highest BCUT2D eigenvalue weighted by Gasteiger charge is 2.06. The maximum absolute atomic E-state index is 8.48. The summed E-state index contributed by atoms with van der Waals surface area (Å²) in [6, 6.07) is 0. The predicted octanol–water partition coefficient (Wildman–Crippen LogP) is -1.04. The van der Waals surface area contributed by atoms with Gasteiger partial charge in [0, 0.05) is 0 Å². The minimum Gasteiger partial charge on any atom is -0.394 e. The zero-order chi connectivity index (χ0) is 10.1. The van der Waals surface area contributed by atoms with Crippen LogP contribution in [0.15, 0.2) is 11.9 Å². The van der Waals surface area contributed by atoms with Gasteiger partial charge in [-0.2, -0.15) is 0 Å². The molecule has 4 N–H and O–H groups in total. The minimum atomic E-state index is -0.129. The predicted molar refractivity (Wildman–Crippen MR) is 45.9 cm³/mol. The Balaban J connectivity index is 3.87. The van der Waals surface area contributed by atoms with Gasteiger partial charge in [0.2, 0.25) is 0 Å². The topological polar surface area (TPSA) is 88.2 Å². The van der Waals surface area contributed by atoms with Crippen LogP contribution in [0.4, 0.5) is 0 Å². The summed E-state index contributed by atoms with van der Waals surface area (Å²) in [5, 5.41) is 17.9. The van der Waals surface area contributed by atoms with Crippen LogP contribution in [0.5, 0.6) is 0 Å². The molecule has 0 rings (SSSR count). The third-order valence-corrected chi connectivity index (χ3v) is 1.11. The summed E-state index contributed by atoms with van der Waals surface area (Å²) < 4.78 is 0. The summed E-state index contributed by atoms with van der Waals surface area (Å²) in [5.41, 5.74) is 5.47. The Hall–Kier alpha value is -0.820. The molecule has 0 aliphatic heterocycles. The first kappa shape index (κ1) is 12.2. The number of allylic oxidation sites excluding steroid dienone is 1. The van der Waals surface area contributed by atoms with E-state index in [4.69, 9.17) is 25.6 Å². The molecule has 78 valence electrons. The molecule has 0 unspecified atom stereocenters. The number of aliphatic hydroxyl groups is 2. The second kappa shape index (κ2) is 7.81. The Kier molecular flexibility index (Phi) is 7.32. The molecule has 0 saturated carbocycles. The first-order chi connectivity index (χ1) is 6.26. The number of rotatable bonds is 7. The quantitative estimate of drug-likeness (QED) is 0.446. The van der Waals surface area contributed by atoms with Crippen molar-refractivity contribution in [3.63, 3.8) is 0 Å². The molecule has 6 nitrogen and oxygen atoms in total. The molecule has 6 heteroatoms. The summed E-state index contributed by atoms with van der Waals surface area (Å²) in [5.74, 6) is 0.266. The van der Waals surface area contributed by atoms with Crippen molar-refractivity contribution in [1.29, 1.82) is 0 Å². The summed E-state index contributed by atoms with van der Waals surface area (Å²) in [6.07, 6.45) is 1.58. The van der Waals surface area contributed by atoms with Gasteiger partial charge < -0.3 is 15.9 Å². The average Bonchev–Trinajstić information content (AvgIpc) is 2.17. The number of nitrogens with zero attached hydrogens (tertiary/aromatic N) is 1. The van der Waals surface area contributed by atoms with Gasteiger partial charge in [0.15, 0.2) is 5.82 Å². The summed E-state index contributed by atoms with van der Waals surface area (Å²) in [7, 11) is 0. The van der Waals surface area contributed by atoms with Crippen LogP contribution < -0.4 is 5.73 Å². The van der Waals surface area contributed by atoms with E-state index >= 15 is 0 Å². The van der Waals surface area contributed by atoms with Crippen molar-refractivity contribution in [3.05, 3.63) is 11.9 Å². The van der Waals surface area contributed by atoms with Crippen LogP contribution in [0, 0.1) is 0 Å². The number of hydrogen-bond donors (Lipinski definition) is 3. The van der Waals surface area contributed by atoms with E-state index in [1.807, 2.05) is 0 Å². The fourth-order valence-electron chi connectivity index (χ4n) is 0.539. The Morgan fingerprint density at radius 3 is 2.08 bits per heavy atom. The van der Waals surface area contributed by atoms with Crippen molar-refractivity contribution in [2.24, 2.45) is 5.73 Å². The highest BCUT2D eigenvalue weighted by atomic mass is 17.0. The van der Waals surface area contributed by atoms with Gasteiger partial charge in [0.25, 0.3) is 0 Å². The summed E-state index contributed by atoms with van der Waals surface area (Å²) >= 11 is 0. The first-order valence-corrected chi connectivity index (χ1v) is 3.95. The molecule has 0 radical (unpaired) electrons.